The van der Waals surface area contributed by atoms with Crippen molar-refractivity contribution < 1.29 is 4.79 Å². The molecule has 0 fully saturated rings. The Bertz CT molecular complexity index is 267. The molecule has 0 atom stereocenters. The maximum absolute atomic E-state index is 11.4. The van der Waals surface area contributed by atoms with E-state index in [1.165, 1.54) is 25.7 Å². The lowest BCUT2D eigenvalue weighted by Gasteiger charge is -2.01. The molecule has 0 saturated carbocycles. The van der Waals surface area contributed by atoms with E-state index in [0.29, 0.717) is 5.92 Å². The fourth-order valence-electron chi connectivity index (χ4n) is 1.67. The molecular weight excluding hydrogens is 208 g/mol. The molecule has 0 aliphatic heterocycles. The zero-order valence-electron chi connectivity index (χ0n) is 12.0. The van der Waals surface area contributed by atoms with Crippen LogP contribution in [-0.4, -0.2) is 5.78 Å². The van der Waals surface area contributed by atoms with Gasteiger partial charge >= 0.3 is 0 Å². The third kappa shape index (κ3) is 10.1. The molecule has 0 unspecified atom stereocenters. The van der Waals surface area contributed by atoms with Gasteiger partial charge in [-0.05, 0) is 38.2 Å². The number of hydrogen-bond donors (Lipinski definition) is 0. The lowest BCUT2D eigenvalue weighted by molar-refractivity contribution is -0.113. The molecule has 1 nitrogen and oxygen atoms in total. The highest BCUT2D eigenvalue weighted by atomic mass is 16.1. The van der Waals surface area contributed by atoms with Gasteiger partial charge in [0.2, 0.25) is 0 Å². The number of allylic oxidation sites excluding steroid dienone is 1. The molecule has 0 amide bonds. The van der Waals surface area contributed by atoms with Crippen LogP contribution in [0.1, 0.15) is 72.6 Å². The molecule has 0 saturated heterocycles. The molecule has 98 valence electrons. The molecule has 0 radical (unpaired) electrons. The van der Waals surface area contributed by atoms with Crippen molar-refractivity contribution in [3.05, 3.63) is 17.4 Å². The van der Waals surface area contributed by atoms with Gasteiger partial charge in [0.15, 0.2) is 5.78 Å². The van der Waals surface area contributed by atoms with Crippen molar-refractivity contribution in [2.75, 3.05) is 0 Å². The Morgan fingerprint density at radius 3 is 2.35 bits per heavy atom. The highest BCUT2D eigenvalue weighted by Crippen LogP contribution is 2.11. The number of carbonyl (C=O) groups is 1. The second-order valence-corrected chi connectivity index (χ2v) is 5.18. The fourth-order valence-corrected chi connectivity index (χ4v) is 1.67. The summed E-state index contributed by atoms with van der Waals surface area (Å²) in [5.74, 6) is 0.820. The quantitative estimate of drug-likeness (QED) is 0.310. The van der Waals surface area contributed by atoms with E-state index in [9.17, 15) is 4.79 Å². The van der Waals surface area contributed by atoms with Gasteiger partial charge in [-0.25, -0.2) is 0 Å². The largest absolute Gasteiger partial charge is 0.294 e. The third-order valence-electron chi connectivity index (χ3n) is 2.82. The van der Waals surface area contributed by atoms with Crippen LogP contribution in [0.4, 0.5) is 0 Å². The summed E-state index contributed by atoms with van der Waals surface area (Å²) in [6.07, 6.45) is 10.1. The minimum absolute atomic E-state index is 0.181. The maximum atomic E-state index is 11.4. The van der Waals surface area contributed by atoms with Gasteiger partial charge in [0.25, 0.3) is 0 Å². The minimum Gasteiger partial charge on any atom is -0.294 e. The van der Waals surface area contributed by atoms with Crippen molar-refractivity contribution in [2.45, 2.75) is 72.6 Å². The van der Waals surface area contributed by atoms with Crippen molar-refractivity contribution in [1.29, 1.82) is 0 Å². The fraction of sp³-hybridized carbons (Fsp3) is 0.750. The highest BCUT2D eigenvalue weighted by Gasteiger charge is 2.02. The molecule has 0 aromatic heterocycles. The molecule has 17 heavy (non-hydrogen) atoms. The number of hydrogen-bond acceptors (Lipinski definition) is 1. The average molecular weight is 236 g/mol. The molecule has 0 spiro atoms. The van der Waals surface area contributed by atoms with Crippen molar-refractivity contribution in [3.8, 4) is 0 Å². The van der Waals surface area contributed by atoms with Gasteiger partial charge in [-0.15, -0.1) is 5.73 Å². The smallest absolute Gasteiger partial charge is 0.163 e. The summed E-state index contributed by atoms with van der Waals surface area (Å²) in [7, 11) is 0. The Kier molecular flexibility index (Phi) is 9.86. The predicted molar refractivity (Wildman–Crippen MR) is 75.1 cm³/mol. The summed E-state index contributed by atoms with van der Waals surface area (Å²) in [6.45, 7) is 8.22. The minimum atomic E-state index is 0.181. The third-order valence-corrected chi connectivity index (χ3v) is 2.82. The van der Waals surface area contributed by atoms with E-state index in [-0.39, 0.29) is 5.78 Å². The van der Waals surface area contributed by atoms with Gasteiger partial charge in [-0.2, -0.15) is 0 Å². The lowest BCUT2D eigenvalue weighted by Crippen LogP contribution is -1.95. The van der Waals surface area contributed by atoms with Crippen LogP contribution >= 0.6 is 0 Å². The summed E-state index contributed by atoms with van der Waals surface area (Å²) < 4.78 is 0. The SMILES string of the molecule is CCCCCCCC(=C=CCC(C)C)C(C)=O. The van der Waals surface area contributed by atoms with Gasteiger partial charge in [0, 0.05) is 5.57 Å². The van der Waals surface area contributed by atoms with Gasteiger partial charge in [-0.1, -0.05) is 46.5 Å². The van der Waals surface area contributed by atoms with Crippen molar-refractivity contribution >= 4 is 5.78 Å². The Morgan fingerprint density at radius 2 is 1.82 bits per heavy atom. The molecule has 0 aliphatic carbocycles. The average Bonchev–Trinajstić information content (AvgIpc) is 2.25. The molecule has 0 N–H and O–H groups in total. The Balaban J connectivity index is 4.07. The van der Waals surface area contributed by atoms with Crippen LogP contribution < -0.4 is 0 Å². The van der Waals surface area contributed by atoms with E-state index in [2.05, 4.69) is 26.5 Å². The van der Waals surface area contributed by atoms with E-state index >= 15 is 0 Å². The number of Topliss-reactive ketones (excluding diaryl/α,β-unsaturated/α-hetero) is 1. The predicted octanol–water partition coefficient (Wildman–Crippen LogP) is 5.06. The second-order valence-electron chi connectivity index (χ2n) is 5.18. The van der Waals surface area contributed by atoms with Crippen LogP contribution in [0.25, 0.3) is 0 Å². The zero-order chi connectivity index (χ0) is 13.1. The van der Waals surface area contributed by atoms with Crippen LogP contribution in [0, 0.1) is 5.92 Å². The monoisotopic (exact) mass is 236 g/mol. The molecular formula is C16H28O. The summed E-state index contributed by atoms with van der Waals surface area (Å²) in [6, 6.07) is 0. The van der Waals surface area contributed by atoms with Crippen molar-refractivity contribution in [2.24, 2.45) is 5.92 Å². The topological polar surface area (TPSA) is 17.1 Å². The molecule has 0 aromatic carbocycles. The molecule has 0 heterocycles. The number of unbranched alkanes of at least 4 members (excludes halogenated alkanes) is 4. The molecule has 0 bridgehead atoms. The first kappa shape index (κ1) is 16.2. The van der Waals surface area contributed by atoms with E-state index in [4.69, 9.17) is 0 Å². The first-order valence-corrected chi connectivity index (χ1v) is 7.02. The number of rotatable bonds is 9. The van der Waals surface area contributed by atoms with Crippen LogP contribution in [0.3, 0.4) is 0 Å². The van der Waals surface area contributed by atoms with Crippen LogP contribution in [0.2, 0.25) is 0 Å². The molecule has 0 aromatic rings. The van der Waals surface area contributed by atoms with Crippen LogP contribution in [0.15, 0.2) is 17.4 Å². The number of ketones is 1. The van der Waals surface area contributed by atoms with Crippen molar-refractivity contribution in [3.63, 3.8) is 0 Å². The van der Waals surface area contributed by atoms with Crippen molar-refractivity contribution in [1.82, 2.24) is 0 Å². The Morgan fingerprint density at radius 1 is 1.18 bits per heavy atom. The zero-order valence-corrected chi connectivity index (χ0v) is 12.0. The van der Waals surface area contributed by atoms with Gasteiger partial charge in [0.05, 0.1) is 0 Å². The molecule has 1 heteroatoms. The Hall–Kier alpha value is -0.810. The number of carbonyl (C=O) groups excluding carboxylic acids is 1. The van der Waals surface area contributed by atoms with E-state index < -0.39 is 0 Å². The van der Waals surface area contributed by atoms with Crippen LogP contribution in [0.5, 0.6) is 0 Å². The lowest BCUT2D eigenvalue weighted by atomic mass is 10.0. The summed E-state index contributed by atoms with van der Waals surface area (Å²) >= 11 is 0. The van der Waals surface area contributed by atoms with E-state index in [1.807, 2.05) is 6.08 Å². The van der Waals surface area contributed by atoms with Crippen LogP contribution in [-0.2, 0) is 4.79 Å². The highest BCUT2D eigenvalue weighted by molar-refractivity contribution is 5.92. The van der Waals surface area contributed by atoms with E-state index in [0.717, 1.165) is 24.8 Å². The second kappa shape index (κ2) is 10.4. The normalized spacial score (nSPS) is 10.2. The molecule has 0 rings (SSSR count). The summed E-state index contributed by atoms with van der Waals surface area (Å²) in [5.41, 5.74) is 4.06. The van der Waals surface area contributed by atoms with Gasteiger partial charge < -0.3 is 0 Å². The first-order chi connectivity index (χ1) is 8.07. The first-order valence-electron chi connectivity index (χ1n) is 7.02. The standard InChI is InChI=1S/C16H28O/c1-5-6-7-8-9-12-16(15(4)17)13-10-11-14(2)3/h10,14H,5-9,11-12H2,1-4H3. The molecule has 0 aliphatic rings. The van der Waals surface area contributed by atoms with Gasteiger partial charge in [0.1, 0.15) is 0 Å². The van der Waals surface area contributed by atoms with E-state index in [1.54, 1.807) is 6.92 Å². The summed E-state index contributed by atoms with van der Waals surface area (Å²) in [4.78, 5) is 11.4. The Labute approximate surface area is 107 Å². The maximum Gasteiger partial charge on any atom is 0.163 e. The van der Waals surface area contributed by atoms with Gasteiger partial charge in [-0.3, -0.25) is 4.79 Å². The summed E-state index contributed by atoms with van der Waals surface area (Å²) in [5, 5.41) is 0.